The highest BCUT2D eigenvalue weighted by atomic mass is 127. The van der Waals surface area contributed by atoms with Crippen molar-refractivity contribution in [2.45, 2.75) is 0 Å². The van der Waals surface area contributed by atoms with Crippen LogP contribution >= 0.6 is 22.6 Å². The highest BCUT2D eigenvalue weighted by molar-refractivity contribution is 14.1. The number of likely N-dealkylation sites (N-methyl/N-ethyl adjacent to an activating group) is 1. The molecule has 0 fully saturated rings. The first-order valence-electron chi connectivity index (χ1n) is 6.52. The van der Waals surface area contributed by atoms with Crippen LogP contribution in [0.5, 0.6) is 0 Å². The lowest BCUT2D eigenvalue weighted by Gasteiger charge is -2.17. The van der Waals surface area contributed by atoms with Crippen molar-refractivity contribution in [1.29, 1.82) is 0 Å². The van der Waals surface area contributed by atoms with Gasteiger partial charge in [0.25, 0.3) is 5.91 Å². The number of anilines is 1. The molecule has 0 atom stereocenters. The third-order valence-electron chi connectivity index (χ3n) is 2.91. The van der Waals surface area contributed by atoms with E-state index in [0.29, 0.717) is 11.3 Å². The summed E-state index contributed by atoms with van der Waals surface area (Å²) in [6, 6.07) is 12.7. The zero-order valence-corrected chi connectivity index (χ0v) is 14.0. The SMILES string of the molecule is CN(CC(=O)Nc1cccc(F)c1)C(=O)c1cccc(I)c1. The molecule has 0 unspecified atom stereocenters. The normalized spacial score (nSPS) is 10.1. The predicted octanol–water partition coefficient (Wildman–Crippen LogP) is 3.14. The molecule has 0 aliphatic carbocycles. The summed E-state index contributed by atoms with van der Waals surface area (Å²) >= 11 is 2.12. The van der Waals surface area contributed by atoms with Crippen molar-refractivity contribution >= 4 is 40.1 Å². The second-order valence-corrected chi connectivity index (χ2v) is 5.98. The third kappa shape index (κ3) is 4.52. The van der Waals surface area contributed by atoms with Crippen LogP contribution in [0.4, 0.5) is 10.1 Å². The molecule has 0 aliphatic rings. The van der Waals surface area contributed by atoms with Crippen LogP contribution in [-0.4, -0.2) is 30.3 Å². The van der Waals surface area contributed by atoms with Crippen molar-refractivity contribution in [2.75, 3.05) is 18.9 Å². The summed E-state index contributed by atoms with van der Waals surface area (Å²) in [5, 5.41) is 2.56. The van der Waals surface area contributed by atoms with Gasteiger partial charge in [-0.2, -0.15) is 0 Å². The van der Waals surface area contributed by atoms with Gasteiger partial charge < -0.3 is 10.2 Å². The second-order valence-electron chi connectivity index (χ2n) is 4.73. The van der Waals surface area contributed by atoms with E-state index in [1.807, 2.05) is 6.07 Å². The quantitative estimate of drug-likeness (QED) is 0.785. The van der Waals surface area contributed by atoms with E-state index < -0.39 is 5.82 Å². The number of benzene rings is 2. The molecule has 0 bridgehead atoms. The minimum Gasteiger partial charge on any atom is -0.332 e. The number of halogens is 2. The van der Waals surface area contributed by atoms with Crippen LogP contribution in [0.15, 0.2) is 48.5 Å². The molecule has 114 valence electrons. The summed E-state index contributed by atoms with van der Waals surface area (Å²) in [7, 11) is 1.55. The fraction of sp³-hybridized carbons (Fsp3) is 0.125. The average Bonchev–Trinajstić information content (AvgIpc) is 2.46. The molecule has 0 heterocycles. The molecule has 4 nitrogen and oxygen atoms in total. The van der Waals surface area contributed by atoms with E-state index in [4.69, 9.17) is 0 Å². The van der Waals surface area contributed by atoms with Gasteiger partial charge in [0, 0.05) is 21.9 Å². The molecule has 22 heavy (non-hydrogen) atoms. The maximum absolute atomic E-state index is 13.1. The van der Waals surface area contributed by atoms with Crippen molar-refractivity contribution in [3.8, 4) is 0 Å². The smallest absolute Gasteiger partial charge is 0.254 e. The molecular formula is C16H14FIN2O2. The number of amides is 2. The zero-order valence-electron chi connectivity index (χ0n) is 11.8. The first kappa shape index (κ1) is 16.4. The molecule has 0 aliphatic heterocycles. The van der Waals surface area contributed by atoms with E-state index in [2.05, 4.69) is 27.9 Å². The third-order valence-corrected chi connectivity index (χ3v) is 3.58. The van der Waals surface area contributed by atoms with Gasteiger partial charge >= 0.3 is 0 Å². The molecule has 0 saturated carbocycles. The van der Waals surface area contributed by atoms with Gasteiger partial charge in [-0.3, -0.25) is 9.59 Å². The lowest BCUT2D eigenvalue weighted by atomic mass is 10.2. The Morgan fingerprint density at radius 1 is 1.18 bits per heavy atom. The van der Waals surface area contributed by atoms with E-state index >= 15 is 0 Å². The fourth-order valence-corrected chi connectivity index (χ4v) is 2.44. The Bertz CT molecular complexity index is 706. The lowest BCUT2D eigenvalue weighted by Crippen LogP contribution is -2.34. The Morgan fingerprint density at radius 3 is 2.59 bits per heavy atom. The molecule has 0 saturated heterocycles. The van der Waals surface area contributed by atoms with E-state index in [1.165, 1.54) is 23.1 Å². The van der Waals surface area contributed by atoms with E-state index in [0.717, 1.165) is 3.57 Å². The maximum Gasteiger partial charge on any atom is 0.254 e. The minimum atomic E-state index is -0.430. The summed E-state index contributed by atoms with van der Waals surface area (Å²) < 4.78 is 14.0. The number of rotatable bonds is 4. The van der Waals surface area contributed by atoms with Crippen LogP contribution in [0.1, 0.15) is 10.4 Å². The van der Waals surface area contributed by atoms with E-state index in [-0.39, 0.29) is 18.4 Å². The molecule has 0 radical (unpaired) electrons. The average molecular weight is 412 g/mol. The Balaban J connectivity index is 1.97. The molecule has 2 aromatic carbocycles. The van der Waals surface area contributed by atoms with Gasteiger partial charge in [-0.15, -0.1) is 0 Å². The monoisotopic (exact) mass is 412 g/mol. The molecule has 6 heteroatoms. The maximum atomic E-state index is 13.1. The van der Waals surface area contributed by atoms with Crippen molar-refractivity contribution in [2.24, 2.45) is 0 Å². The topological polar surface area (TPSA) is 49.4 Å². The van der Waals surface area contributed by atoms with E-state index in [1.54, 1.807) is 31.3 Å². The van der Waals surface area contributed by atoms with Crippen LogP contribution in [-0.2, 0) is 4.79 Å². The summed E-state index contributed by atoms with van der Waals surface area (Å²) in [6.45, 7) is -0.110. The predicted molar refractivity (Wildman–Crippen MR) is 91.1 cm³/mol. The van der Waals surface area contributed by atoms with Crippen molar-refractivity contribution < 1.29 is 14.0 Å². The molecule has 0 spiro atoms. The van der Waals surface area contributed by atoms with E-state index in [9.17, 15) is 14.0 Å². The number of nitrogens with one attached hydrogen (secondary N) is 1. The minimum absolute atomic E-state index is 0.110. The molecular weight excluding hydrogens is 398 g/mol. The second kappa shape index (κ2) is 7.35. The van der Waals surface area contributed by atoms with Gasteiger partial charge in [-0.1, -0.05) is 12.1 Å². The summed E-state index contributed by atoms with van der Waals surface area (Å²) in [6.07, 6.45) is 0. The van der Waals surface area contributed by atoms with Crippen LogP contribution < -0.4 is 5.32 Å². The lowest BCUT2D eigenvalue weighted by molar-refractivity contribution is -0.116. The number of nitrogens with zero attached hydrogens (tertiary/aromatic N) is 1. The summed E-state index contributed by atoms with van der Waals surface area (Å²) in [5.41, 5.74) is 0.882. The number of hydrogen-bond acceptors (Lipinski definition) is 2. The number of carbonyl (C=O) groups excluding carboxylic acids is 2. The van der Waals surface area contributed by atoms with Crippen molar-refractivity contribution in [1.82, 2.24) is 4.90 Å². The Hall–Kier alpha value is -1.96. The largest absolute Gasteiger partial charge is 0.332 e. The van der Waals surface area contributed by atoms with Gasteiger partial charge in [0.1, 0.15) is 5.82 Å². The summed E-state index contributed by atoms with van der Waals surface area (Å²) in [5.74, 6) is -1.05. The Morgan fingerprint density at radius 2 is 1.91 bits per heavy atom. The highest BCUT2D eigenvalue weighted by Crippen LogP contribution is 2.11. The Kier molecular flexibility index (Phi) is 5.48. The van der Waals surface area contributed by atoms with Gasteiger partial charge in [0.05, 0.1) is 6.54 Å². The molecule has 0 aromatic heterocycles. The molecule has 2 amide bonds. The van der Waals surface area contributed by atoms with Crippen molar-refractivity contribution in [3.05, 3.63) is 63.5 Å². The van der Waals surface area contributed by atoms with Crippen molar-refractivity contribution in [3.63, 3.8) is 0 Å². The first-order valence-corrected chi connectivity index (χ1v) is 7.60. The van der Waals surface area contributed by atoms with Gasteiger partial charge in [0.15, 0.2) is 0 Å². The van der Waals surface area contributed by atoms with Gasteiger partial charge in [-0.25, -0.2) is 4.39 Å². The zero-order chi connectivity index (χ0) is 16.1. The highest BCUT2D eigenvalue weighted by Gasteiger charge is 2.15. The number of carbonyl (C=O) groups is 2. The van der Waals surface area contributed by atoms with Crippen LogP contribution in [0.25, 0.3) is 0 Å². The molecule has 1 N–H and O–H groups in total. The first-order chi connectivity index (χ1) is 10.5. The standard InChI is InChI=1S/C16H14FIN2O2/c1-20(16(22)11-4-2-6-13(18)8-11)10-15(21)19-14-7-3-5-12(17)9-14/h2-9H,10H2,1H3,(H,19,21). The van der Waals surface area contributed by atoms with Crippen LogP contribution in [0.3, 0.4) is 0 Å². The van der Waals surface area contributed by atoms with Crippen LogP contribution in [0.2, 0.25) is 0 Å². The molecule has 2 aromatic rings. The number of hydrogen-bond donors (Lipinski definition) is 1. The van der Waals surface area contributed by atoms with Crippen LogP contribution in [0, 0.1) is 9.39 Å². The Labute approximate surface area is 141 Å². The molecule has 2 rings (SSSR count). The summed E-state index contributed by atoms with van der Waals surface area (Å²) in [4.78, 5) is 25.4. The fourth-order valence-electron chi connectivity index (χ4n) is 1.90. The van der Waals surface area contributed by atoms with Gasteiger partial charge in [0.2, 0.25) is 5.91 Å². The van der Waals surface area contributed by atoms with Gasteiger partial charge in [-0.05, 0) is 59.0 Å².